The van der Waals surface area contributed by atoms with Crippen molar-refractivity contribution in [3.8, 4) is 0 Å². The first-order valence-corrected chi connectivity index (χ1v) is 2.47. The lowest BCUT2D eigenvalue weighted by Crippen LogP contribution is -2.03. The first kappa shape index (κ1) is 8.17. The van der Waals surface area contributed by atoms with Crippen LogP contribution in [0.25, 0.3) is 0 Å². The molecule has 3 heteroatoms. The fraction of sp³-hybridized carbons (Fsp3) is 0.333. The molecule has 3 nitrogen and oxygen atoms in total. The molecule has 0 aromatic heterocycles. The Hall–Kier alpha value is -0.830. The molecule has 0 amide bonds. The summed E-state index contributed by atoms with van der Waals surface area (Å²) in [5.41, 5.74) is 0.319. The van der Waals surface area contributed by atoms with E-state index < -0.39 is 5.97 Å². The van der Waals surface area contributed by atoms with Crippen LogP contribution < -0.4 is 0 Å². The Labute approximate surface area is 53.9 Å². The van der Waals surface area contributed by atoms with Crippen LogP contribution >= 0.6 is 0 Å². The number of aliphatic hydroxyl groups is 1. The molecule has 0 fully saturated rings. The minimum absolute atomic E-state index is 0.265. The lowest BCUT2D eigenvalue weighted by molar-refractivity contribution is -0.136. The van der Waals surface area contributed by atoms with Crippen LogP contribution in [0.15, 0.2) is 12.2 Å². The van der Waals surface area contributed by atoms with E-state index in [1.807, 2.05) is 0 Å². The molecule has 0 saturated heterocycles. The average molecular weight is 129 g/mol. The maximum Gasteiger partial charge on any atom is 0.333 e. The van der Waals surface area contributed by atoms with Crippen molar-refractivity contribution < 1.29 is 14.6 Å². The van der Waals surface area contributed by atoms with Crippen LogP contribution in [0.5, 0.6) is 0 Å². The standard InChI is InChI=1S/C6H9O3/c1-5(2)6(8)9-4-3-7/h4,7H,1,3H2,2H3. The molecular formula is C6H9O3. The molecule has 0 bridgehead atoms. The van der Waals surface area contributed by atoms with E-state index in [9.17, 15) is 4.79 Å². The zero-order valence-corrected chi connectivity index (χ0v) is 5.26. The summed E-state index contributed by atoms with van der Waals surface area (Å²) in [5, 5.41) is 8.13. The normalized spacial score (nSPS) is 8.67. The summed E-state index contributed by atoms with van der Waals surface area (Å²) in [7, 11) is 0. The largest absolute Gasteiger partial charge is 0.453 e. The van der Waals surface area contributed by atoms with Crippen molar-refractivity contribution in [3.63, 3.8) is 0 Å². The highest BCUT2D eigenvalue weighted by Crippen LogP contribution is 1.92. The average Bonchev–Trinajstić information content (AvgIpc) is 1.82. The van der Waals surface area contributed by atoms with Crippen LogP contribution in [-0.2, 0) is 9.53 Å². The number of rotatable bonds is 3. The molecule has 51 valence electrons. The second kappa shape index (κ2) is 4.09. The van der Waals surface area contributed by atoms with E-state index in [1.165, 1.54) is 6.92 Å². The van der Waals surface area contributed by atoms with Gasteiger partial charge in [-0.2, -0.15) is 0 Å². The molecule has 0 unspecified atom stereocenters. The summed E-state index contributed by atoms with van der Waals surface area (Å²) >= 11 is 0. The first-order valence-electron chi connectivity index (χ1n) is 2.47. The fourth-order valence-electron chi connectivity index (χ4n) is 0.214. The molecule has 0 atom stereocenters. The third-order valence-electron chi connectivity index (χ3n) is 0.613. The van der Waals surface area contributed by atoms with Gasteiger partial charge >= 0.3 is 5.97 Å². The molecule has 0 aliphatic carbocycles. The maximum atomic E-state index is 10.4. The molecule has 0 aromatic carbocycles. The summed E-state index contributed by atoms with van der Waals surface area (Å²) in [4.78, 5) is 10.4. The van der Waals surface area contributed by atoms with E-state index in [1.54, 1.807) is 0 Å². The van der Waals surface area contributed by atoms with Crippen molar-refractivity contribution in [1.82, 2.24) is 0 Å². The fourth-order valence-corrected chi connectivity index (χ4v) is 0.214. The molecule has 1 N–H and O–H groups in total. The Morgan fingerprint density at radius 2 is 2.44 bits per heavy atom. The van der Waals surface area contributed by atoms with Gasteiger partial charge in [0.2, 0.25) is 0 Å². The Bertz CT molecular complexity index is 117. The Morgan fingerprint density at radius 1 is 1.89 bits per heavy atom. The lowest BCUT2D eigenvalue weighted by Gasteiger charge is -1.98. The topological polar surface area (TPSA) is 46.5 Å². The summed E-state index contributed by atoms with van der Waals surface area (Å²) in [6.07, 6.45) is 0. The third-order valence-corrected chi connectivity index (χ3v) is 0.613. The number of esters is 1. The second-order valence-electron chi connectivity index (χ2n) is 1.53. The highest BCUT2D eigenvalue weighted by Gasteiger charge is 2.00. The van der Waals surface area contributed by atoms with E-state index in [-0.39, 0.29) is 6.61 Å². The van der Waals surface area contributed by atoms with Crippen LogP contribution in [0, 0.1) is 6.61 Å². The van der Waals surface area contributed by atoms with Gasteiger partial charge in [-0.3, -0.25) is 0 Å². The quantitative estimate of drug-likeness (QED) is 0.439. The van der Waals surface area contributed by atoms with Gasteiger partial charge in [-0.15, -0.1) is 0 Å². The molecule has 0 aromatic rings. The zero-order chi connectivity index (χ0) is 7.28. The van der Waals surface area contributed by atoms with Gasteiger partial charge in [-0.25, -0.2) is 4.79 Å². The van der Waals surface area contributed by atoms with Crippen LogP contribution in [0.1, 0.15) is 6.92 Å². The van der Waals surface area contributed by atoms with E-state index in [4.69, 9.17) is 5.11 Å². The summed E-state index contributed by atoms with van der Waals surface area (Å²) < 4.78 is 4.34. The highest BCUT2D eigenvalue weighted by atomic mass is 16.5. The summed E-state index contributed by atoms with van der Waals surface area (Å²) in [5.74, 6) is -0.510. The Balaban J connectivity index is 3.39. The Kier molecular flexibility index (Phi) is 3.71. The predicted octanol–water partition coefficient (Wildman–Crippen LogP) is 0.260. The van der Waals surface area contributed by atoms with Crippen molar-refractivity contribution >= 4 is 5.97 Å². The monoisotopic (exact) mass is 129 g/mol. The first-order chi connectivity index (χ1) is 4.18. The minimum atomic E-state index is -0.510. The summed E-state index contributed by atoms with van der Waals surface area (Å²) in [6, 6.07) is 0. The van der Waals surface area contributed by atoms with Crippen molar-refractivity contribution in [1.29, 1.82) is 0 Å². The van der Waals surface area contributed by atoms with Crippen molar-refractivity contribution in [3.05, 3.63) is 18.8 Å². The van der Waals surface area contributed by atoms with E-state index in [0.29, 0.717) is 5.57 Å². The molecule has 9 heavy (non-hydrogen) atoms. The number of hydrogen-bond acceptors (Lipinski definition) is 3. The predicted molar refractivity (Wildman–Crippen MR) is 32.3 cm³/mol. The van der Waals surface area contributed by atoms with Gasteiger partial charge < -0.3 is 9.84 Å². The minimum Gasteiger partial charge on any atom is -0.453 e. The van der Waals surface area contributed by atoms with Gasteiger partial charge in [0.1, 0.15) is 0 Å². The van der Waals surface area contributed by atoms with Crippen LogP contribution in [-0.4, -0.2) is 17.7 Å². The molecular weight excluding hydrogens is 120 g/mol. The number of carbonyl (C=O) groups excluding carboxylic acids is 1. The van der Waals surface area contributed by atoms with Gasteiger partial charge in [-0.1, -0.05) is 6.58 Å². The van der Waals surface area contributed by atoms with Gasteiger partial charge in [0, 0.05) is 5.57 Å². The van der Waals surface area contributed by atoms with E-state index in [0.717, 1.165) is 6.61 Å². The van der Waals surface area contributed by atoms with Crippen molar-refractivity contribution in [2.24, 2.45) is 0 Å². The SMILES string of the molecule is C=C(C)C(=O)O[CH]CO. The third kappa shape index (κ3) is 3.73. The number of hydrogen-bond donors (Lipinski definition) is 1. The van der Waals surface area contributed by atoms with Crippen LogP contribution in [0.4, 0.5) is 0 Å². The van der Waals surface area contributed by atoms with Crippen molar-refractivity contribution in [2.45, 2.75) is 6.92 Å². The van der Waals surface area contributed by atoms with Crippen LogP contribution in [0.2, 0.25) is 0 Å². The molecule has 0 heterocycles. The van der Waals surface area contributed by atoms with Gasteiger partial charge in [0.15, 0.2) is 6.61 Å². The van der Waals surface area contributed by atoms with Gasteiger partial charge in [0.25, 0.3) is 0 Å². The molecule has 0 rings (SSSR count). The summed E-state index contributed by atoms with van der Waals surface area (Å²) in [6.45, 7) is 5.61. The van der Waals surface area contributed by atoms with Gasteiger partial charge in [0.05, 0.1) is 6.61 Å². The van der Waals surface area contributed by atoms with E-state index >= 15 is 0 Å². The molecule has 0 aliphatic rings. The number of carbonyl (C=O) groups is 1. The maximum absolute atomic E-state index is 10.4. The van der Waals surface area contributed by atoms with Crippen LogP contribution in [0.3, 0.4) is 0 Å². The Morgan fingerprint density at radius 3 is 2.78 bits per heavy atom. The highest BCUT2D eigenvalue weighted by molar-refractivity contribution is 5.87. The smallest absolute Gasteiger partial charge is 0.333 e. The number of aliphatic hydroxyl groups excluding tert-OH is 1. The molecule has 0 saturated carbocycles. The van der Waals surface area contributed by atoms with Crippen molar-refractivity contribution in [2.75, 3.05) is 6.61 Å². The number of ether oxygens (including phenoxy) is 1. The van der Waals surface area contributed by atoms with E-state index in [2.05, 4.69) is 11.3 Å². The molecule has 0 spiro atoms. The lowest BCUT2D eigenvalue weighted by atomic mass is 10.4. The zero-order valence-electron chi connectivity index (χ0n) is 5.26. The van der Waals surface area contributed by atoms with Gasteiger partial charge in [-0.05, 0) is 6.92 Å². The molecule has 0 aliphatic heterocycles. The molecule has 1 radical (unpaired) electrons. The second-order valence-corrected chi connectivity index (χ2v) is 1.53.